The van der Waals surface area contributed by atoms with Crippen molar-refractivity contribution in [1.29, 1.82) is 0 Å². The molecule has 1 aliphatic carbocycles. The number of carbonyl (C=O) groups is 3. The van der Waals surface area contributed by atoms with Crippen LogP contribution in [0.4, 0.5) is 0 Å². The van der Waals surface area contributed by atoms with Gasteiger partial charge in [-0.2, -0.15) is 0 Å². The van der Waals surface area contributed by atoms with Gasteiger partial charge >= 0.3 is 5.69 Å². The monoisotopic (exact) mass is 463 g/mol. The number of Topliss-reactive ketones (excluding diaryl/α,β-unsaturated/α-hetero) is 1. The molecule has 2 atom stereocenters. The van der Waals surface area contributed by atoms with Gasteiger partial charge in [-0.1, -0.05) is 11.8 Å². The van der Waals surface area contributed by atoms with E-state index >= 15 is 0 Å². The first-order valence-electron chi connectivity index (χ1n) is 10.6. The summed E-state index contributed by atoms with van der Waals surface area (Å²) in [6.07, 6.45) is 2.64. The van der Waals surface area contributed by atoms with Gasteiger partial charge in [0.15, 0.2) is 11.6 Å². The SMILES string of the molecule is CC1=CC(=O)c2cc(C(=O)NCC#Cc3cn([C@H]4CC[C@@H](CO)O4)c(=O)[nH]c3=O)ccc2C1=O. The van der Waals surface area contributed by atoms with E-state index in [9.17, 15) is 29.1 Å². The number of H-pyrrole nitrogens is 1. The zero-order chi connectivity index (χ0) is 24.4. The van der Waals surface area contributed by atoms with Crippen LogP contribution in [0.1, 0.15) is 62.6 Å². The topological polar surface area (TPSA) is 148 Å². The third-order valence-electron chi connectivity index (χ3n) is 5.62. The van der Waals surface area contributed by atoms with Crippen molar-refractivity contribution in [1.82, 2.24) is 14.9 Å². The Balaban J connectivity index is 1.45. The lowest BCUT2D eigenvalue weighted by atomic mass is 9.89. The van der Waals surface area contributed by atoms with Crippen LogP contribution in [-0.4, -0.2) is 51.4 Å². The maximum absolute atomic E-state index is 12.5. The molecule has 4 rings (SSSR count). The highest BCUT2D eigenvalue weighted by Crippen LogP contribution is 2.26. The number of nitrogens with zero attached hydrogens (tertiary/aromatic N) is 1. The summed E-state index contributed by atoms with van der Waals surface area (Å²) in [5.74, 6) is 4.18. The van der Waals surface area contributed by atoms with E-state index in [1.807, 2.05) is 0 Å². The predicted octanol–water partition coefficient (Wildman–Crippen LogP) is 0.313. The number of carbonyl (C=O) groups excluding carboxylic acids is 3. The number of allylic oxidation sites excluding steroid dienone is 2. The molecule has 1 aliphatic heterocycles. The Morgan fingerprint density at radius 2 is 2.03 bits per heavy atom. The molecule has 1 aromatic heterocycles. The largest absolute Gasteiger partial charge is 0.394 e. The third kappa shape index (κ3) is 4.52. The van der Waals surface area contributed by atoms with E-state index in [1.54, 1.807) is 6.92 Å². The number of aromatic amines is 1. The van der Waals surface area contributed by atoms with Gasteiger partial charge in [0.25, 0.3) is 11.5 Å². The molecule has 0 radical (unpaired) electrons. The first-order valence-corrected chi connectivity index (χ1v) is 10.6. The van der Waals surface area contributed by atoms with Crippen LogP contribution in [0.2, 0.25) is 0 Å². The van der Waals surface area contributed by atoms with E-state index in [4.69, 9.17) is 4.74 Å². The van der Waals surface area contributed by atoms with Crippen LogP contribution in [0.5, 0.6) is 0 Å². The number of benzene rings is 1. The summed E-state index contributed by atoms with van der Waals surface area (Å²) >= 11 is 0. The van der Waals surface area contributed by atoms with Crippen LogP contribution in [0.15, 0.2) is 45.6 Å². The number of rotatable bonds is 4. The summed E-state index contributed by atoms with van der Waals surface area (Å²) in [6.45, 7) is 1.30. The predicted molar refractivity (Wildman–Crippen MR) is 120 cm³/mol. The zero-order valence-electron chi connectivity index (χ0n) is 18.2. The molecule has 0 spiro atoms. The fourth-order valence-electron chi connectivity index (χ4n) is 3.82. The maximum atomic E-state index is 12.5. The van der Waals surface area contributed by atoms with Gasteiger partial charge in [-0.05, 0) is 44.0 Å². The molecule has 34 heavy (non-hydrogen) atoms. The van der Waals surface area contributed by atoms with Crippen molar-refractivity contribution in [2.24, 2.45) is 0 Å². The number of fused-ring (bicyclic) bond motifs is 1. The van der Waals surface area contributed by atoms with E-state index < -0.39 is 23.4 Å². The van der Waals surface area contributed by atoms with Crippen LogP contribution in [0.25, 0.3) is 0 Å². The molecule has 1 fully saturated rings. The lowest BCUT2D eigenvalue weighted by Gasteiger charge is -2.14. The highest BCUT2D eigenvalue weighted by atomic mass is 16.5. The minimum atomic E-state index is -0.669. The number of aliphatic hydroxyl groups excluding tert-OH is 1. The summed E-state index contributed by atoms with van der Waals surface area (Å²) in [5.41, 5.74) is -0.328. The summed E-state index contributed by atoms with van der Waals surface area (Å²) in [5, 5.41) is 11.8. The molecular weight excluding hydrogens is 442 g/mol. The summed E-state index contributed by atoms with van der Waals surface area (Å²) in [4.78, 5) is 63.2. The van der Waals surface area contributed by atoms with Crippen LogP contribution >= 0.6 is 0 Å². The quantitative estimate of drug-likeness (QED) is 0.553. The second-order valence-electron chi connectivity index (χ2n) is 7.95. The molecule has 0 bridgehead atoms. The molecule has 0 unspecified atom stereocenters. The van der Waals surface area contributed by atoms with Gasteiger partial charge in [0.2, 0.25) is 0 Å². The third-order valence-corrected chi connectivity index (χ3v) is 5.62. The Kier molecular flexibility index (Phi) is 6.40. The average molecular weight is 463 g/mol. The minimum absolute atomic E-state index is 0.0185. The maximum Gasteiger partial charge on any atom is 0.330 e. The number of ether oxygens (including phenoxy) is 1. The average Bonchev–Trinajstić information content (AvgIpc) is 3.30. The Bertz CT molecular complexity index is 1400. The Hall–Kier alpha value is -4.07. The van der Waals surface area contributed by atoms with Crippen molar-refractivity contribution in [3.63, 3.8) is 0 Å². The van der Waals surface area contributed by atoms with Crippen LogP contribution in [0.3, 0.4) is 0 Å². The van der Waals surface area contributed by atoms with E-state index in [2.05, 4.69) is 22.1 Å². The Morgan fingerprint density at radius 1 is 1.24 bits per heavy atom. The van der Waals surface area contributed by atoms with E-state index in [-0.39, 0.29) is 53.1 Å². The molecule has 2 heterocycles. The minimum Gasteiger partial charge on any atom is -0.394 e. The highest BCUT2D eigenvalue weighted by molar-refractivity contribution is 6.24. The second-order valence-corrected chi connectivity index (χ2v) is 7.95. The molecule has 10 heteroatoms. The number of nitrogens with one attached hydrogen (secondary N) is 2. The van der Waals surface area contributed by atoms with Gasteiger partial charge in [-0.3, -0.25) is 28.7 Å². The first kappa shape index (κ1) is 23.1. The molecule has 2 aliphatic rings. The van der Waals surface area contributed by atoms with Crippen LogP contribution < -0.4 is 16.6 Å². The van der Waals surface area contributed by atoms with Gasteiger partial charge in [-0.25, -0.2) is 4.79 Å². The molecule has 2 aromatic rings. The van der Waals surface area contributed by atoms with E-state index in [0.29, 0.717) is 18.4 Å². The van der Waals surface area contributed by atoms with Crippen molar-refractivity contribution >= 4 is 17.5 Å². The molecule has 174 valence electrons. The number of hydrogen-bond donors (Lipinski definition) is 3. The first-order chi connectivity index (χ1) is 16.3. The molecule has 0 saturated carbocycles. The van der Waals surface area contributed by atoms with Gasteiger partial charge in [0.05, 0.1) is 19.3 Å². The van der Waals surface area contributed by atoms with Crippen molar-refractivity contribution in [2.75, 3.05) is 13.2 Å². The number of aromatic nitrogens is 2. The van der Waals surface area contributed by atoms with Crippen molar-refractivity contribution < 1.29 is 24.2 Å². The standard InChI is InChI=1S/C24H21N3O7/c1-13-9-19(29)18-10-14(4-6-17(18)21(13)30)22(31)25-8-2-3-15-11-27(24(33)26-23(15)32)20-7-5-16(12-28)34-20/h4,6,9-11,16,20,28H,5,7-8,12H2,1H3,(H,25,31)(H,26,32,33)/t16-,20+/m0/s1. The second kappa shape index (κ2) is 9.43. The zero-order valence-corrected chi connectivity index (χ0v) is 18.2. The summed E-state index contributed by atoms with van der Waals surface area (Å²) in [7, 11) is 0. The van der Waals surface area contributed by atoms with Crippen molar-refractivity contribution in [3.8, 4) is 11.8 Å². The summed E-state index contributed by atoms with van der Waals surface area (Å²) < 4.78 is 6.80. The van der Waals surface area contributed by atoms with E-state index in [0.717, 1.165) is 0 Å². The molecule has 10 nitrogen and oxygen atoms in total. The fourth-order valence-corrected chi connectivity index (χ4v) is 3.82. The van der Waals surface area contributed by atoms with Crippen molar-refractivity contribution in [2.45, 2.75) is 32.1 Å². The molecular formula is C24H21N3O7. The van der Waals surface area contributed by atoms with Gasteiger partial charge in [0, 0.05) is 28.5 Å². The van der Waals surface area contributed by atoms with Gasteiger partial charge < -0.3 is 15.2 Å². The highest BCUT2D eigenvalue weighted by Gasteiger charge is 2.27. The number of aliphatic hydroxyl groups is 1. The Morgan fingerprint density at radius 3 is 2.76 bits per heavy atom. The molecule has 1 saturated heterocycles. The Labute approximate surface area is 193 Å². The lowest BCUT2D eigenvalue weighted by Crippen LogP contribution is -2.33. The number of hydrogen-bond acceptors (Lipinski definition) is 7. The fraction of sp³-hybridized carbons (Fsp3) is 0.292. The van der Waals surface area contributed by atoms with E-state index in [1.165, 1.54) is 35.0 Å². The smallest absolute Gasteiger partial charge is 0.330 e. The number of ketones is 2. The lowest BCUT2D eigenvalue weighted by molar-refractivity contribution is -0.0246. The van der Waals surface area contributed by atoms with Crippen molar-refractivity contribution in [3.05, 3.63) is 79.1 Å². The van der Waals surface area contributed by atoms with Crippen LogP contribution in [0, 0.1) is 11.8 Å². The van der Waals surface area contributed by atoms with Crippen LogP contribution in [-0.2, 0) is 4.74 Å². The molecule has 3 N–H and O–H groups in total. The molecule has 1 aromatic carbocycles. The van der Waals surface area contributed by atoms with Gasteiger partial charge in [-0.15, -0.1) is 0 Å². The number of amides is 1. The summed E-state index contributed by atoms with van der Waals surface area (Å²) in [6, 6.07) is 4.26. The van der Waals surface area contributed by atoms with Gasteiger partial charge in [0.1, 0.15) is 11.8 Å². The normalized spacial score (nSPS) is 19.2. The molecule has 1 amide bonds.